The van der Waals surface area contributed by atoms with E-state index in [9.17, 15) is 9.90 Å². The van der Waals surface area contributed by atoms with E-state index in [4.69, 9.17) is 5.11 Å². The lowest BCUT2D eigenvalue weighted by atomic mass is 9.98. The van der Waals surface area contributed by atoms with Crippen LogP contribution in [0.4, 0.5) is 0 Å². The van der Waals surface area contributed by atoms with Gasteiger partial charge in [0.15, 0.2) is 0 Å². The van der Waals surface area contributed by atoms with Gasteiger partial charge in [0.2, 0.25) is 0 Å². The Bertz CT molecular complexity index is 378. The number of carbonyl (C=O) groups excluding carboxylic acids is 1. The lowest BCUT2D eigenvalue weighted by molar-refractivity contribution is -0.00329. The minimum Gasteiger partial charge on any atom is -0.395 e. The number of aliphatic hydroxyl groups excluding tert-OH is 2. The smallest absolute Gasteiger partial charge is 0.256 e. The molecule has 1 amide bonds. The molecule has 2 rings (SSSR count). The van der Waals surface area contributed by atoms with Gasteiger partial charge in [-0.1, -0.05) is 18.2 Å². The van der Waals surface area contributed by atoms with E-state index >= 15 is 0 Å². The maximum absolute atomic E-state index is 11.9. The molecule has 0 radical (unpaired) electrons. The molecule has 1 heterocycles. The zero-order valence-corrected chi connectivity index (χ0v) is 8.26. The topological polar surface area (TPSA) is 60.8 Å². The Kier molecular flexibility index (Phi) is 2.70. The van der Waals surface area contributed by atoms with Gasteiger partial charge in [0, 0.05) is 18.5 Å². The van der Waals surface area contributed by atoms with Crippen molar-refractivity contribution in [1.29, 1.82) is 0 Å². The van der Waals surface area contributed by atoms with E-state index in [1.807, 2.05) is 12.1 Å². The number of aliphatic hydroxyl groups is 2. The molecule has 0 aliphatic carbocycles. The van der Waals surface area contributed by atoms with Crippen molar-refractivity contribution in [2.24, 2.45) is 0 Å². The monoisotopic (exact) mass is 207 g/mol. The number of hydrogen-bond acceptors (Lipinski definition) is 3. The third-order valence-corrected chi connectivity index (χ3v) is 2.61. The number of rotatable bonds is 2. The minimum absolute atomic E-state index is 0.134. The number of carbonyl (C=O) groups is 1. The summed E-state index contributed by atoms with van der Waals surface area (Å²) in [7, 11) is 0. The predicted molar refractivity (Wildman–Crippen MR) is 54.3 cm³/mol. The highest BCUT2D eigenvalue weighted by atomic mass is 16.3. The quantitative estimate of drug-likeness (QED) is 0.717. The van der Waals surface area contributed by atoms with Crippen LogP contribution in [0.15, 0.2) is 24.3 Å². The van der Waals surface area contributed by atoms with Crippen molar-refractivity contribution in [3.8, 4) is 0 Å². The standard InChI is InChI=1S/C11H13NO3/c13-6-5-12-10(14)7-8-3-1-2-4-9(8)11(12)15/h1-4,10,13-14H,5-7H2. The summed E-state index contributed by atoms with van der Waals surface area (Å²) in [6.07, 6.45) is -0.387. The molecule has 15 heavy (non-hydrogen) atoms. The third kappa shape index (κ3) is 1.73. The molecule has 0 fully saturated rings. The van der Waals surface area contributed by atoms with Crippen LogP contribution in [0.5, 0.6) is 0 Å². The minimum atomic E-state index is -0.820. The molecular formula is C11H13NO3. The number of amides is 1. The van der Waals surface area contributed by atoms with Crippen LogP contribution in [0.3, 0.4) is 0 Å². The third-order valence-electron chi connectivity index (χ3n) is 2.61. The summed E-state index contributed by atoms with van der Waals surface area (Å²) in [5, 5.41) is 18.5. The lowest BCUT2D eigenvalue weighted by Crippen LogP contribution is -2.46. The van der Waals surface area contributed by atoms with E-state index in [0.717, 1.165) is 5.56 Å². The Hall–Kier alpha value is -1.39. The summed E-state index contributed by atoms with van der Waals surface area (Å²) >= 11 is 0. The van der Waals surface area contributed by atoms with Gasteiger partial charge in [-0.05, 0) is 11.6 Å². The van der Waals surface area contributed by atoms with Gasteiger partial charge in [-0.3, -0.25) is 4.79 Å². The fraction of sp³-hybridized carbons (Fsp3) is 0.364. The van der Waals surface area contributed by atoms with Crippen LogP contribution in [-0.4, -0.2) is 40.4 Å². The SMILES string of the molecule is O=C1c2ccccc2CC(O)N1CCO. The Balaban J connectivity index is 2.34. The molecule has 80 valence electrons. The van der Waals surface area contributed by atoms with Crippen LogP contribution < -0.4 is 0 Å². The van der Waals surface area contributed by atoms with E-state index < -0.39 is 6.23 Å². The summed E-state index contributed by atoms with van der Waals surface area (Å²) in [6.45, 7) is 0.0410. The van der Waals surface area contributed by atoms with Crippen molar-refractivity contribution in [1.82, 2.24) is 4.90 Å². The lowest BCUT2D eigenvalue weighted by Gasteiger charge is -2.32. The Morgan fingerprint density at radius 3 is 2.87 bits per heavy atom. The van der Waals surface area contributed by atoms with Gasteiger partial charge >= 0.3 is 0 Å². The molecule has 1 aromatic rings. The van der Waals surface area contributed by atoms with Gasteiger partial charge in [0.05, 0.1) is 6.61 Å². The molecule has 0 spiro atoms. The first-order valence-corrected chi connectivity index (χ1v) is 4.92. The van der Waals surface area contributed by atoms with Crippen molar-refractivity contribution in [3.63, 3.8) is 0 Å². The first-order valence-electron chi connectivity index (χ1n) is 4.92. The van der Waals surface area contributed by atoms with Crippen LogP contribution in [0, 0.1) is 0 Å². The highest BCUT2D eigenvalue weighted by Gasteiger charge is 2.29. The van der Waals surface area contributed by atoms with Crippen LogP contribution in [0.2, 0.25) is 0 Å². The maximum atomic E-state index is 11.9. The first-order chi connectivity index (χ1) is 7.24. The second kappa shape index (κ2) is 4.00. The number of hydrogen-bond donors (Lipinski definition) is 2. The molecule has 1 aliphatic rings. The van der Waals surface area contributed by atoms with Gasteiger partial charge in [-0.15, -0.1) is 0 Å². The van der Waals surface area contributed by atoms with Crippen molar-refractivity contribution >= 4 is 5.91 Å². The van der Waals surface area contributed by atoms with Gasteiger partial charge in [-0.25, -0.2) is 0 Å². The molecular weight excluding hydrogens is 194 g/mol. The number of β-amino-alcohol motifs (C(OH)–C–C–N with tert-alkyl or cyclic N) is 1. The van der Waals surface area contributed by atoms with Crippen molar-refractivity contribution in [3.05, 3.63) is 35.4 Å². The second-order valence-electron chi connectivity index (χ2n) is 3.56. The molecule has 1 aliphatic heterocycles. The van der Waals surface area contributed by atoms with Gasteiger partial charge in [-0.2, -0.15) is 0 Å². The fourth-order valence-electron chi connectivity index (χ4n) is 1.86. The molecule has 0 saturated heterocycles. The van der Waals surface area contributed by atoms with Crippen LogP contribution in [0.1, 0.15) is 15.9 Å². The van der Waals surface area contributed by atoms with Gasteiger partial charge in [0.1, 0.15) is 6.23 Å². The average molecular weight is 207 g/mol. The second-order valence-corrected chi connectivity index (χ2v) is 3.56. The average Bonchev–Trinajstić information content (AvgIpc) is 2.24. The zero-order valence-electron chi connectivity index (χ0n) is 8.26. The van der Waals surface area contributed by atoms with E-state index in [1.165, 1.54) is 4.90 Å². The molecule has 0 aromatic heterocycles. The van der Waals surface area contributed by atoms with Crippen molar-refractivity contribution in [2.75, 3.05) is 13.2 Å². The molecule has 4 nitrogen and oxygen atoms in total. The van der Waals surface area contributed by atoms with Gasteiger partial charge in [0.25, 0.3) is 5.91 Å². The maximum Gasteiger partial charge on any atom is 0.256 e. The first kappa shape index (κ1) is 10.1. The molecule has 0 bridgehead atoms. The van der Waals surface area contributed by atoms with Crippen molar-refractivity contribution in [2.45, 2.75) is 12.6 Å². The van der Waals surface area contributed by atoms with E-state index in [0.29, 0.717) is 12.0 Å². The summed E-state index contributed by atoms with van der Waals surface area (Å²) in [5.74, 6) is -0.210. The molecule has 1 atom stereocenters. The molecule has 1 aromatic carbocycles. The van der Waals surface area contributed by atoms with E-state index in [2.05, 4.69) is 0 Å². The number of nitrogens with zero attached hydrogens (tertiary/aromatic N) is 1. The highest BCUT2D eigenvalue weighted by molar-refractivity contribution is 5.96. The predicted octanol–water partition coefficient (Wildman–Crippen LogP) is -0.00440. The fourth-order valence-corrected chi connectivity index (χ4v) is 1.86. The number of fused-ring (bicyclic) bond motifs is 1. The normalized spacial score (nSPS) is 20.3. The van der Waals surface area contributed by atoms with Crippen molar-refractivity contribution < 1.29 is 15.0 Å². The van der Waals surface area contributed by atoms with Crippen LogP contribution in [-0.2, 0) is 6.42 Å². The highest BCUT2D eigenvalue weighted by Crippen LogP contribution is 2.21. The Morgan fingerprint density at radius 1 is 1.40 bits per heavy atom. The summed E-state index contributed by atoms with van der Waals surface area (Å²) in [5.41, 5.74) is 1.49. The van der Waals surface area contributed by atoms with E-state index in [-0.39, 0.29) is 19.1 Å². The Morgan fingerprint density at radius 2 is 2.13 bits per heavy atom. The van der Waals surface area contributed by atoms with Crippen LogP contribution >= 0.6 is 0 Å². The molecule has 1 unspecified atom stereocenters. The molecule has 0 saturated carbocycles. The van der Waals surface area contributed by atoms with Crippen LogP contribution in [0.25, 0.3) is 0 Å². The summed E-state index contributed by atoms with van der Waals surface area (Å²) < 4.78 is 0. The molecule has 4 heteroatoms. The summed E-state index contributed by atoms with van der Waals surface area (Å²) in [6, 6.07) is 7.23. The Labute approximate surface area is 87.8 Å². The number of benzene rings is 1. The van der Waals surface area contributed by atoms with Gasteiger partial charge < -0.3 is 15.1 Å². The van der Waals surface area contributed by atoms with E-state index in [1.54, 1.807) is 12.1 Å². The largest absolute Gasteiger partial charge is 0.395 e. The zero-order chi connectivity index (χ0) is 10.8. The molecule has 2 N–H and O–H groups in total. The summed E-state index contributed by atoms with van der Waals surface area (Å²) in [4.78, 5) is 13.2.